The van der Waals surface area contributed by atoms with Gasteiger partial charge in [0.15, 0.2) is 11.0 Å². The van der Waals surface area contributed by atoms with Crippen LogP contribution >= 0.6 is 0 Å². The van der Waals surface area contributed by atoms with Crippen molar-refractivity contribution in [2.45, 2.75) is 18.7 Å². The van der Waals surface area contributed by atoms with Crippen molar-refractivity contribution < 1.29 is 9.13 Å². The van der Waals surface area contributed by atoms with Crippen molar-refractivity contribution in [1.82, 2.24) is 0 Å². The van der Waals surface area contributed by atoms with E-state index in [1.165, 1.54) is 12.1 Å². The van der Waals surface area contributed by atoms with Crippen LogP contribution in [0.4, 0.5) is 5.69 Å². The smallest absolute Gasteiger partial charge is 0.258 e. The van der Waals surface area contributed by atoms with E-state index in [1.54, 1.807) is 31.2 Å². The molecule has 2 aromatic rings. The SMILES string of the molecule is C/C(=N\[S@@](=O)c1ccc(C)cc1)c1ccc([N+](=O)[O-])cc1. The lowest BCUT2D eigenvalue weighted by Crippen LogP contribution is -1.98. The molecule has 108 valence electrons. The predicted octanol–water partition coefficient (Wildman–Crippen LogP) is 3.44. The molecule has 0 saturated heterocycles. The van der Waals surface area contributed by atoms with E-state index in [1.807, 2.05) is 19.1 Å². The van der Waals surface area contributed by atoms with E-state index in [0.29, 0.717) is 16.2 Å². The van der Waals surface area contributed by atoms with Gasteiger partial charge in [0.1, 0.15) is 0 Å². The highest BCUT2D eigenvalue weighted by Crippen LogP contribution is 2.14. The molecule has 0 aromatic heterocycles. The van der Waals surface area contributed by atoms with Crippen molar-refractivity contribution in [3.8, 4) is 0 Å². The van der Waals surface area contributed by atoms with Crippen LogP contribution in [-0.4, -0.2) is 14.8 Å². The van der Waals surface area contributed by atoms with Gasteiger partial charge in [-0.25, -0.2) is 4.21 Å². The number of rotatable bonds is 4. The maximum Gasteiger partial charge on any atom is 0.269 e. The van der Waals surface area contributed by atoms with Gasteiger partial charge in [0.05, 0.1) is 15.5 Å². The molecule has 0 unspecified atom stereocenters. The number of nitro benzene ring substituents is 1. The van der Waals surface area contributed by atoms with Gasteiger partial charge in [-0.3, -0.25) is 10.1 Å². The largest absolute Gasteiger partial charge is 0.269 e. The monoisotopic (exact) mass is 302 g/mol. The van der Waals surface area contributed by atoms with Crippen molar-refractivity contribution >= 4 is 22.4 Å². The summed E-state index contributed by atoms with van der Waals surface area (Å²) in [5, 5.41) is 10.6. The molecule has 5 nitrogen and oxygen atoms in total. The van der Waals surface area contributed by atoms with E-state index in [-0.39, 0.29) is 5.69 Å². The molecule has 0 fully saturated rings. The minimum Gasteiger partial charge on any atom is -0.258 e. The first kappa shape index (κ1) is 15.1. The Morgan fingerprint density at radius 3 is 2.19 bits per heavy atom. The van der Waals surface area contributed by atoms with Gasteiger partial charge in [-0.2, -0.15) is 4.40 Å². The highest BCUT2D eigenvalue weighted by molar-refractivity contribution is 7.83. The van der Waals surface area contributed by atoms with Crippen LogP contribution in [0.15, 0.2) is 57.8 Å². The van der Waals surface area contributed by atoms with Crippen LogP contribution in [0.2, 0.25) is 0 Å². The van der Waals surface area contributed by atoms with Gasteiger partial charge in [0.2, 0.25) is 0 Å². The first-order valence-corrected chi connectivity index (χ1v) is 7.37. The van der Waals surface area contributed by atoms with Gasteiger partial charge in [-0.15, -0.1) is 0 Å². The topological polar surface area (TPSA) is 72.6 Å². The van der Waals surface area contributed by atoms with Crippen LogP contribution in [0.1, 0.15) is 18.1 Å². The molecule has 0 aliphatic rings. The van der Waals surface area contributed by atoms with E-state index < -0.39 is 15.9 Å². The first-order valence-electron chi connectivity index (χ1n) is 6.26. The van der Waals surface area contributed by atoms with Crippen LogP contribution in [0, 0.1) is 17.0 Å². The highest BCUT2D eigenvalue weighted by Gasteiger charge is 2.07. The zero-order valence-electron chi connectivity index (χ0n) is 11.6. The summed E-state index contributed by atoms with van der Waals surface area (Å²) in [5.74, 6) is 0. The first-order chi connectivity index (χ1) is 9.97. The van der Waals surface area contributed by atoms with Crippen molar-refractivity contribution in [3.63, 3.8) is 0 Å². The van der Waals surface area contributed by atoms with Crippen LogP contribution in [0.5, 0.6) is 0 Å². The Hall–Kier alpha value is -2.34. The molecule has 0 aliphatic heterocycles. The van der Waals surface area contributed by atoms with Crippen LogP contribution in [0.3, 0.4) is 0 Å². The molecule has 2 rings (SSSR count). The quantitative estimate of drug-likeness (QED) is 0.493. The van der Waals surface area contributed by atoms with E-state index in [2.05, 4.69) is 4.40 Å². The third kappa shape index (κ3) is 3.82. The van der Waals surface area contributed by atoms with Crippen molar-refractivity contribution in [1.29, 1.82) is 0 Å². The molecule has 0 spiro atoms. The lowest BCUT2D eigenvalue weighted by Gasteiger charge is -2.02. The molecule has 1 atom stereocenters. The Kier molecular flexibility index (Phi) is 4.59. The Labute approximate surface area is 125 Å². The van der Waals surface area contributed by atoms with E-state index >= 15 is 0 Å². The maximum absolute atomic E-state index is 12.1. The number of hydrogen-bond donors (Lipinski definition) is 0. The second-order valence-electron chi connectivity index (χ2n) is 4.54. The molecule has 0 bridgehead atoms. The summed E-state index contributed by atoms with van der Waals surface area (Å²) >= 11 is 0. The lowest BCUT2D eigenvalue weighted by atomic mass is 10.1. The molecule has 0 N–H and O–H groups in total. The number of nitro groups is 1. The lowest BCUT2D eigenvalue weighted by molar-refractivity contribution is -0.384. The van der Waals surface area contributed by atoms with Gasteiger partial charge >= 0.3 is 0 Å². The summed E-state index contributed by atoms with van der Waals surface area (Å²) in [6.45, 7) is 3.69. The Morgan fingerprint density at radius 1 is 1.10 bits per heavy atom. The minimum absolute atomic E-state index is 0.0196. The number of hydrogen-bond acceptors (Lipinski definition) is 3. The number of non-ortho nitro benzene ring substituents is 1. The van der Waals surface area contributed by atoms with Gasteiger partial charge in [0.25, 0.3) is 5.69 Å². The molecule has 0 radical (unpaired) electrons. The summed E-state index contributed by atoms with van der Waals surface area (Å²) in [5.41, 5.74) is 2.39. The minimum atomic E-state index is -1.48. The average Bonchev–Trinajstić information content (AvgIpc) is 2.47. The molecule has 21 heavy (non-hydrogen) atoms. The Morgan fingerprint density at radius 2 is 1.67 bits per heavy atom. The van der Waals surface area contributed by atoms with Crippen molar-refractivity contribution in [2.75, 3.05) is 0 Å². The van der Waals surface area contributed by atoms with Gasteiger partial charge in [-0.05, 0) is 43.7 Å². The fraction of sp³-hybridized carbons (Fsp3) is 0.133. The summed E-state index contributed by atoms with van der Waals surface area (Å²) in [6.07, 6.45) is 0. The van der Waals surface area contributed by atoms with Crippen LogP contribution in [-0.2, 0) is 11.0 Å². The zero-order valence-corrected chi connectivity index (χ0v) is 12.5. The van der Waals surface area contributed by atoms with E-state index in [9.17, 15) is 14.3 Å². The van der Waals surface area contributed by atoms with E-state index in [0.717, 1.165) is 5.56 Å². The van der Waals surface area contributed by atoms with Gasteiger partial charge < -0.3 is 0 Å². The normalized spacial score (nSPS) is 13.0. The molecular weight excluding hydrogens is 288 g/mol. The number of aryl methyl sites for hydroxylation is 1. The second-order valence-corrected chi connectivity index (χ2v) is 5.70. The van der Waals surface area contributed by atoms with Gasteiger partial charge in [-0.1, -0.05) is 17.7 Å². The standard InChI is InChI=1S/C15H14N2O3S/c1-11-3-9-15(10-4-11)21(20)16-12(2)13-5-7-14(8-6-13)17(18)19/h3-10H,1-2H3/b16-12+/t21-/m0/s1. The molecule has 6 heteroatoms. The summed E-state index contributed by atoms with van der Waals surface area (Å²) in [7, 11) is -1.48. The van der Waals surface area contributed by atoms with Crippen LogP contribution < -0.4 is 0 Å². The Balaban J connectivity index is 2.21. The zero-order chi connectivity index (χ0) is 15.4. The molecular formula is C15H14N2O3S. The fourth-order valence-electron chi connectivity index (χ4n) is 1.71. The fourth-order valence-corrected chi connectivity index (χ4v) is 2.54. The maximum atomic E-state index is 12.1. The summed E-state index contributed by atoms with van der Waals surface area (Å²) in [4.78, 5) is 10.8. The predicted molar refractivity (Wildman–Crippen MR) is 82.9 cm³/mol. The molecule has 0 heterocycles. The highest BCUT2D eigenvalue weighted by atomic mass is 32.2. The molecule has 2 aromatic carbocycles. The molecule has 0 amide bonds. The Bertz CT molecular complexity index is 707. The van der Waals surface area contributed by atoms with Crippen LogP contribution in [0.25, 0.3) is 0 Å². The molecule has 0 aliphatic carbocycles. The average molecular weight is 302 g/mol. The van der Waals surface area contributed by atoms with Crippen molar-refractivity contribution in [3.05, 3.63) is 69.8 Å². The number of benzene rings is 2. The third-order valence-electron chi connectivity index (χ3n) is 2.94. The third-order valence-corrected chi connectivity index (χ3v) is 4.05. The van der Waals surface area contributed by atoms with E-state index in [4.69, 9.17) is 0 Å². The van der Waals surface area contributed by atoms with Gasteiger partial charge in [0, 0.05) is 12.1 Å². The second kappa shape index (κ2) is 6.41. The summed E-state index contributed by atoms with van der Waals surface area (Å²) in [6, 6.07) is 13.3. The van der Waals surface area contributed by atoms with Crippen molar-refractivity contribution in [2.24, 2.45) is 4.40 Å². The number of nitrogens with zero attached hydrogens (tertiary/aromatic N) is 2. The summed E-state index contributed by atoms with van der Waals surface area (Å²) < 4.78 is 16.3. The molecule has 0 saturated carbocycles.